The van der Waals surface area contributed by atoms with Crippen molar-refractivity contribution in [3.8, 4) is 0 Å². The summed E-state index contributed by atoms with van der Waals surface area (Å²) in [5.74, 6) is -0.120. The Hall–Kier alpha value is -2.14. The van der Waals surface area contributed by atoms with Gasteiger partial charge in [0.05, 0.1) is 12.2 Å². The van der Waals surface area contributed by atoms with Crippen molar-refractivity contribution in [2.24, 2.45) is 0 Å². The van der Waals surface area contributed by atoms with Gasteiger partial charge in [-0.1, -0.05) is 12.1 Å². The number of ketones is 1. The third kappa shape index (κ3) is 4.43. The summed E-state index contributed by atoms with van der Waals surface area (Å²) in [6.45, 7) is 1.67. The number of para-hydroxylation sites is 1. The van der Waals surface area contributed by atoms with Crippen molar-refractivity contribution in [1.82, 2.24) is 0 Å². The zero-order valence-electron chi connectivity index (χ0n) is 11.5. The van der Waals surface area contributed by atoms with Crippen LogP contribution in [-0.2, 0) is 4.79 Å². The van der Waals surface area contributed by atoms with Crippen molar-refractivity contribution in [3.63, 3.8) is 0 Å². The summed E-state index contributed by atoms with van der Waals surface area (Å²) in [7, 11) is 0. The molecule has 0 heterocycles. The van der Waals surface area contributed by atoms with Crippen LogP contribution in [0.3, 0.4) is 0 Å². The highest BCUT2D eigenvalue weighted by Crippen LogP contribution is 2.21. The molecule has 0 bridgehead atoms. The van der Waals surface area contributed by atoms with E-state index < -0.39 is 0 Å². The van der Waals surface area contributed by atoms with Crippen molar-refractivity contribution in [2.45, 2.75) is 6.92 Å². The van der Waals surface area contributed by atoms with Gasteiger partial charge in [-0.2, -0.15) is 0 Å². The van der Waals surface area contributed by atoms with E-state index in [2.05, 4.69) is 26.6 Å². The standard InChI is InChI=1S/C16H15BrN2O2/c1-11(20)12-6-8-13(9-7-12)18-10-16(21)19-15-5-3-2-4-14(15)17/h2-9,18H,10H2,1H3,(H,19,21). The molecule has 0 atom stereocenters. The first-order valence-corrected chi connectivity index (χ1v) is 7.25. The summed E-state index contributed by atoms with van der Waals surface area (Å²) >= 11 is 3.38. The number of benzene rings is 2. The molecule has 5 heteroatoms. The van der Waals surface area contributed by atoms with E-state index in [-0.39, 0.29) is 18.2 Å². The summed E-state index contributed by atoms with van der Waals surface area (Å²) in [5, 5.41) is 5.82. The van der Waals surface area contributed by atoms with Gasteiger partial charge in [0.1, 0.15) is 0 Å². The highest BCUT2D eigenvalue weighted by molar-refractivity contribution is 9.10. The van der Waals surface area contributed by atoms with Gasteiger partial charge in [0.2, 0.25) is 5.91 Å². The Balaban J connectivity index is 1.89. The van der Waals surface area contributed by atoms with E-state index in [0.29, 0.717) is 5.56 Å². The molecular formula is C16H15BrN2O2. The minimum absolute atomic E-state index is 0.0215. The van der Waals surface area contributed by atoms with Crippen LogP contribution in [0.1, 0.15) is 17.3 Å². The predicted octanol–water partition coefficient (Wildman–Crippen LogP) is 3.70. The lowest BCUT2D eigenvalue weighted by atomic mass is 10.1. The fourth-order valence-electron chi connectivity index (χ4n) is 1.76. The Bertz CT molecular complexity index is 654. The molecule has 4 nitrogen and oxygen atoms in total. The Kier molecular flexibility index (Phi) is 5.11. The van der Waals surface area contributed by atoms with Crippen molar-refractivity contribution >= 4 is 39.0 Å². The molecule has 2 aromatic rings. The normalized spacial score (nSPS) is 10.0. The van der Waals surface area contributed by atoms with Gasteiger partial charge >= 0.3 is 0 Å². The Labute approximate surface area is 131 Å². The molecule has 0 radical (unpaired) electrons. The molecule has 108 valence electrons. The first-order valence-electron chi connectivity index (χ1n) is 6.45. The van der Waals surface area contributed by atoms with Crippen LogP contribution in [0.25, 0.3) is 0 Å². The van der Waals surface area contributed by atoms with Crippen LogP contribution in [-0.4, -0.2) is 18.2 Å². The molecule has 0 aliphatic heterocycles. The number of amides is 1. The van der Waals surface area contributed by atoms with Crippen molar-refractivity contribution in [2.75, 3.05) is 17.2 Å². The fourth-order valence-corrected chi connectivity index (χ4v) is 2.15. The van der Waals surface area contributed by atoms with Gasteiger partial charge in [0.25, 0.3) is 0 Å². The molecule has 0 aliphatic carbocycles. The van der Waals surface area contributed by atoms with E-state index in [1.807, 2.05) is 24.3 Å². The highest BCUT2D eigenvalue weighted by Gasteiger charge is 2.05. The Morgan fingerprint density at radius 2 is 1.71 bits per heavy atom. The lowest BCUT2D eigenvalue weighted by Gasteiger charge is -2.09. The molecule has 2 rings (SSSR count). The van der Waals surface area contributed by atoms with E-state index in [0.717, 1.165) is 15.8 Å². The van der Waals surface area contributed by atoms with Gasteiger partial charge in [-0.05, 0) is 59.3 Å². The fraction of sp³-hybridized carbons (Fsp3) is 0.125. The third-order valence-corrected chi connectivity index (χ3v) is 3.58. The third-order valence-electron chi connectivity index (χ3n) is 2.89. The zero-order valence-corrected chi connectivity index (χ0v) is 13.1. The second-order valence-electron chi connectivity index (χ2n) is 4.52. The molecule has 0 saturated heterocycles. The molecule has 0 spiro atoms. The van der Waals surface area contributed by atoms with E-state index >= 15 is 0 Å². The molecule has 0 unspecified atom stereocenters. The molecular weight excluding hydrogens is 332 g/mol. The van der Waals surface area contributed by atoms with Crippen LogP contribution in [0.4, 0.5) is 11.4 Å². The predicted molar refractivity (Wildman–Crippen MR) is 87.7 cm³/mol. The lowest BCUT2D eigenvalue weighted by Crippen LogP contribution is -2.21. The maximum Gasteiger partial charge on any atom is 0.243 e. The number of carbonyl (C=O) groups excluding carboxylic acids is 2. The summed E-state index contributed by atoms with van der Waals surface area (Å²) in [6, 6.07) is 14.5. The summed E-state index contributed by atoms with van der Waals surface area (Å²) in [4.78, 5) is 23.0. The summed E-state index contributed by atoms with van der Waals surface area (Å²) < 4.78 is 0.837. The largest absolute Gasteiger partial charge is 0.376 e. The monoisotopic (exact) mass is 346 g/mol. The van der Waals surface area contributed by atoms with Gasteiger partial charge in [-0.15, -0.1) is 0 Å². The molecule has 0 aromatic heterocycles. The first-order chi connectivity index (χ1) is 10.1. The van der Waals surface area contributed by atoms with Gasteiger partial charge in [0, 0.05) is 15.7 Å². The number of anilines is 2. The van der Waals surface area contributed by atoms with E-state index in [1.54, 1.807) is 24.3 Å². The topological polar surface area (TPSA) is 58.2 Å². The minimum atomic E-state index is -0.141. The SMILES string of the molecule is CC(=O)c1ccc(NCC(=O)Nc2ccccc2Br)cc1. The molecule has 1 amide bonds. The van der Waals surface area contributed by atoms with Crippen LogP contribution in [0.2, 0.25) is 0 Å². The highest BCUT2D eigenvalue weighted by atomic mass is 79.9. The van der Waals surface area contributed by atoms with E-state index in [4.69, 9.17) is 0 Å². The van der Waals surface area contributed by atoms with Crippen LogP contribution in [0, 0.1) is 0 Å². The number of halogens is 1. The summed E-state index contributed by atoms with van der Waals surface area (Å²) in [6.07, 6.45) is 0. The molecule has 0 saturated carbocycles. The average molecular weight is 347 g/mol. The van der Waals surface area contributed by atoms with E-state index in [9.17, 15) is 9.59 Å². The van der Waals surface area contributed by atoms with Crippen molar-refractivity contribution < 1.29 is 9.59 Å². The summed E-state index contributed by atoms with van der Waals surface area (Å²) in [5.41, 5.74) is 2.18. The molecule has 21 heavy (non-hydrogen) atoms. The maximum absolute atomic E-state index is 11.9. The van der Waals surface area contributed by atoms with Gasteiger partial charge in [-0.3, -0.25) is 9.59 Å². The van der Waals surface area contributed by atoms with Crippen molar-refractivity contribution in [1.29, 1.82) is 0 Å². The Morgan fingerprint density at radius 1 is 1.05 bits per heavy atom. The minimum Gasteiger partial charge on any atom is -0.376 e. The van der Waals surface area contributed by atoms with Gasteiger partial charge in [-0.25, -0.2) is 0 Å². The molecule has 0 fully saturated rings. The molecule has 0 aliphatic rings. The first kappa shape index (κ1) is 15.3. The molecule has 2 aromatic carbocycles. The Morgan fingerprint density at radius 3 is 2.33 bits per heavy atom. The second kappa shape index (κ2) is 7.04. The number of rotatable bonds is 5. The van der Waals surface area contributed by atoms with Crippen LogP contribution >= 0.6 is 15.9 Å². The van der Waals surface area contributed by atoms with Gasteiger partial charge in [0.15, 0.2) is 5.78 Å². The number of hydrogen-bond donors (Lipinski definition) is 2. The quantitative estimate of drug-likeness (QED) is 0.811. The van der Waals surface area contributed by atoms with Crippen LogP contribution < -0.4 is 10.6 Å². The van der Waals surface area contributed by atoms with Crippen LogP contribution in [0.5, 0.6) is 0 Å². The average Bonchev–Trinajstić information content (AvgIpc) is 2.48. The van der Waals surface area contributed by atoms with Crippen molar-refractivity contribution in [3.05, 3.63) is 58.6 Å². The van der Waals surface area contributed by atoms with Crippen LogP contribution in [0.15, 0.2) is 53.0 Å². The number of hydrogen-bond acceptors (Lipinski definition) is 3. The number of Topliss-reactive ketones (excluding diaryl/α,β-unsaturated/α-hetero) is 1. The number of carbonyl (C=O) groups is 2. The zero-order chi connectivity index (χ0) is 15.2. The smallest absolute Gasteiger partial charge is 0.243 e. The van der Waals surface area contributed by atoms with Gasteiger partial charge < -0.3 is 10.6 Å². The van der Waals surface area contributed by atoms with E-state index in [1.165, 1.54) is 6.92 Å². The molecule has 2 N–H and O–H groups in total. The number of nitrogens with one attached hydrogen (secondary N) is 2. The second-order valence-corrected chi connectivity index (χ2v) is 5.37. The maximum atomic E-state index is 11.9. The lowest BCUT2D eigenvalue weighted by molar-refractivity contribution is -0.114.